The van der Waals surface area contributed by atoms with Gasteiger partial charge in [-0.05, 0) is 43.0 Å². The van der Waals surface area contributed by atoms with E-state index in [9.17, 15) is 4.79 Å². The van der Waals surface area contributed by atoms with Crippen molar-refractivity contribution in [1.82, 2.24) is 19.9 Å². The first kappa shape index (κ1) is 16.4. The van der Waals surface area contributed by atoms with Crippen molar-refractivity contribution in [3.8, 4) is 11.1 Å². The lowest BCUT2D eigenvalue weighted by Crippen LogP contribution is -2.31. The lowest BCUT2D eigenvalue weighted by atomic mass is 10.0. The fraction of sp³-hybridized carbons (Fsp3) is 0.238. The second-order valence-corrected chi connectivity index (χ2v) is 6.54. The van der Waals surface area contributed by atoms with E-state index in [0.29, 0.717) is 5.69 Å². The Morgan fingerprint density at radius 1 is 1.12 bits per heavy atom. The average molecular weight is 344 g/mol. The van der Waals surface area contributed by atoms with E-state index in [0.717, 1.165) is 41.9 Å². The standard InChI is InChI=1S/C21H20N4O/c1-15-12-17(16-6-3-2-4-7-16)13-18(24-15)20-8-5-11-25(20)21(26)19-14-22-9-10-23-19/h2-4,6-7,9-10,12-14,20H,5,8,11H2,1H3/t20-/m0/s1. The van der Waals surface area contributed by atoms with E-state index in [4.69, 9.17) is 4.98 Å². The fourth-order valence-corrected chi connectivity index (χ4v) is 3.54. The minimum absolute atomic E-state index is 0.0214. The zero-order valence-electron chi connectivity index (χ0n) is 14.7. The molecule has 1 saturated heterocycles. The Kier molecular flexibility index (Phi) is 4.44. The van der Waals surface area contributed by atoms with Crippen LogP contribution in [-0.2, 0) is 0 Å². The average Bonchev–Trinajstić information content (AvgIpc) is 3.18. The van der Waals surface area contributed by atoms with E-state index < -0.39 is 0 Å². The molecule has 1 aromatic carbocycles. The number of hydrogen-bond donors (Lipinski definition) is 0. The lowest BCUT2D eigenvalue weighted by Gasteiger charge is -2.24. The van der Waals surface area contributed by atoms with Crippen LogP contribution in [0.5, 0.6) is 0 Å². The number of pyridine rings is 1. The van der Waals surface area contributed by atoms with Crippen LogP contribution in [0, 0.1) is 6.92 Å². The Labute approximate surface area is 152 Å². The molecule has 0 spiro atoms. The Bertz CT molecular complexity index is 912. The molecule has 5 heteroatoms. The number of rotatable bonds is 3. The molecule has 5 nitrogen and oxygen atoms in total. The Morgan fingerprint density at radius 3 is 2.73 bits per heavy atom. The summed E-state index contributed by atoms with van der Waals surface area (Å²) in [5.41, 5.74) is 4.57. The summed E-state index contributed by atoms with van der Waals surface area (Å²) >= 11 is 0. The third-order valence-corrected chi connectivity index (χ3v) is 4.72. The molecule has 1 amide bonds. The van der Waals surface area contributed by atoms with Crippen LogP contribution < -0.4 is 0 Å². The zero-order valence-corrected chi connectivity index (χ0v) is 14.7. The van der Waals surface area contributed by atoms with Crippen LogP contribution in [0.25, 0.3) is 11.1 Å². The highest BCUT2D eigenvalue weighted by Crippen LogP contribution is 2.34. The molecule has 1 fully saturated rings. The predicted molar refractivity (Wildman–Crippen MR) is 99.5 cm³/mol. The predicted octanol–water partition coefficient (Wildman–Crippen LogP) is 3.82. The third kappa shape index (κ3) is 3.20. The first-order chi connectivity index (χ1) is 12.7. The van der Waals surface area contributed by atoms with Crippen LogP contribution in [0.3, 0.4) is 0 Å². The maximum Gasteiger partial charge on any atom is 0.274 e. The molecule has 130 valence electrons. The first-order valence-corrected chi connectivity index (χ1v) is 8.83. The van der Waals surface area contributed by atoms with Crippen molar-refractivity contribution in [1.29, 1.82) is 0 Å². The van der Waals surface area contributed by atoms with Crippen LogP contribution in [0.1, 0.15) is 40.8 Å². The van der Waals surface area contributed by atoms with Crippen LogP contribution in [-0.4, -0.2) is 32.3 Å². The number of benzene rings is 1. The van der Waals surface area contributed by atoms with Gasteiger partial charge in [0.2, 0.25) is 0 Å². The summed E-state index contributed by atoms with van der Waals surface area (Å²) in [6.07, 6.45) is 6.53. The van der Waals surface area contributed by atoms with Crippen molar-refractivity contribution >= 4 is 5.91 Å². The molecule has 1 atom stereocenters. The molecule has 1 aliphatic rings. The molecule has 0 N–H and O–H groups in total. The van der Waals surface area contributed by atoms with Crippen molar-refractivity contribution in [2.45, 2.75) is 25.8 Å². The van der Waals surface area contributed by atoms with Crippen molar-refractivity contribution < 1.29 is 4.79 Å². The van der Waals surface area contributed by atoms with Crippen molar-refractivity contribution in [2.24, 2.45) is 0 Å². The van der Waals surface area contributed by atoms with Gasteiger partial charge in [0.1, 0.15) is 5.69 Å². The second kappa shape index (κ2) is 7.04. The molecule has 1 aliphatic heterocycles. The number of hydrogen-bond acceptors (Lipinski definition) is 4. The van der Waals surface area contributed by atoms with E-state index in [1.54, 1.807) is 12.4 Å². The summed E-state index contributed by atoms with van der Waals surface area (Å²) in [5.74, 6) is -0.0785. The summed E-state index contributed by atoms with van der Waals surface area (Å²) in [7, 11) is 0. The molecular formula is C21H20N4O. The number of aryl methyl sites for hydroxylation is 1. The molecule has 26 heavy (non-hydrogen) atoms. The molecular weight excluding hydrogens is 324 g/mol. The van der Waals surface area contributed by atoms with Gasteiger partial charge in [0.15, 0.2) is 0 Å². The van der Waals surface area contributed by atoms with Gasteiger partial charge >= 0.3 is 0 Å². The van der Waals surface area contributed by atoms with Crippen LogP contribution >= 0.6 is 0 Å². The van der Waals surface area contributed by atoms with Gasteiger partial charge in [0.25, 0.3) is 5.91 Å². The monoisotopic (exact) mass is 344 g/mol. The number of aromatic nitrogens is 3. The van der Waals surface area contributed by atoms with Gasteiger partial charge < -0.3 is 4.90 Å². The quantitative estimate of drug-likeness (QED) is 0.725. The molecule has 4 rings (SSSR count). The maximum atomic E-state index is 12.9. The van der Waals surface area contributed by atoms with Gasteiger partial charge in [-0.3, -0.25) is 14.8 Å². The number of nitrogens with zero attached hydrogens (tertiary/aromatic N) is 4. The molecule has 2 aromatic heterocycles. The zero-order chi connectivity index (χ0) is 17.9. The van der Waals surface area contributed by atoms with Gasteiger partial charge in [-0.2, -0.15) is 0 Å². The Balaban J connectivity index is 1.68. The highest BCUT2D eigenvalue weighted by Gasteiger charge is 2.32. The van der Waals surface area contributed by atoms with Crippen LogP contribution in [0.4, 0.5) is 0 Å². The van der Waals surface area contributed by atoms with E-state index in [1.165, 1.54) is 6.20 Å². The highest BCUT2D eigenvalue weighted by molar-refractivity contribution is 5.92. The van der Waals surface area contributed by atoms with Crippen LogP contribution in [0.15, 0.2) is 61.1 Å². The van der Waals surface area contributed by atoms with Gasteiger partial charge in [-0.1, -0.05) is 30.3 Å². The minimum Gasteiger partial charge on any atom is -0.329 e. The van der Waals surface area contributed by atoms with Crippen LogP contribution in [0.2, 0.25) is 0 Å². The normalized spacial score (nSPS) is 16.7. The second-order valence-electron chi connectivity index (χ2n) is 6.54. The van der Waals surface area contributed by atoms with Gasteiger partial charge in [0, 0.05) is 24.6 Å². The van der Waals surface area contributed by atoms with Gasteiger partial charge in [0.05, 0.1) is 17.9 Å². The Hall–Kier alpha value is -3.08. The molecule has 0 radical (unpaired) electrons. The molecule has 0 unspecified atom stereocenters. The SMILES string of the molecule is Cc1cc(-c2ccccc2)cc([C@@H]2CCCN2C(=O)c2cnccn2)n1. The van der Waals surface area contributed by atoms with Gasteiger partial charge in [-0.15, -0.1) is 0 Å². The summed E-state index contributed by atoms with van der Waals surface area (Å²) in [5, 5.41) is 0. The molecule has 3 heterocycles. The van der Waals surface area contributed by atoms with E-state index in [2.05, 4.69) is 34.2 Å². The summed E-state index contributed by atoms with van der Waals surface area (Å²) in [4.78, 5) is 27.7. The molecule has 0 bridgehead atoms. The summed E-state index contributed by atoms with van der Waals surface area (Å²) in [6, 6.07) is 14.4. The van der Waals surface area contributed by atoms with Crippen molar-refractivity contribution in [2.75, 3.05) is 6.54 Å². The fourth-order valence-electron chi connectivity index (χ4n) is 3.54. The van der Waals surface area contributed by atoms with E-state index in [-0.39, 0.29) is 11.9 Å². The molecule has 0 saturated carbocycles. The first-order valence-electron chi connectivity index (χ1n) is 8.83. The Morgan fingerprint density at radius 2 is 1.96 bits per heavy atom. The molecule has 0 aliphatic carbocycles. The van der Waals surface area contributed by atoms with Crippen molar-refractivity contribution in [3.63, 3.8) is 0 Å². The van der Waals surface area contributed by atoms with Gasteiger partial charge in [-0.25, -0.2) is 4.98 Å². The largest absolute Gasteiger partial charge is 0.329 e. The van der Waals surface area contributed by atoms with Crippen molar-refractivity contribution in [3.05, 3.63) is 78.1 Å². The van der Waals surface area contributed by atoms with E-state index in [1.807, 2.05) is 30.0 Å². The number of likely N-dealkylation sites (tertiary alicyclic amines) is 1. The lowest BCUT2D eigenvalue weighted by molar-refractivity contribution is 0.0726. The topological polar surface area (TPSA) is 59.0 Å². The number of carbonyl (C=O) groups is 1. The number of carbonyl (C=O) groups excluding carboxylic acids is 1. The highest BCUT2D eigenvalue weighted by atomic mass is 16.2. The third-order valence-electron chi connectivity index (χ3n) is 4.72. The minimum atomic E-state index is -0.0785. The summed E-state index contributed by atoms with van der Waals surface area (Å²) < 4.78 is 0. The summed E-state index contributed by atoms with van der Waals surface area (Å²) in [6.45, 7) is 2.72. The van der Waals surface area contributed by atoms with E-state index >= 15 is 0 Å². The molecule has 3 aromatic rings. The smallest absolute Gasteiger partial charge is 0.274 e. The maximum absolute atomic E-state index is 12.9. The number of amides is 1.